The fourth-order valence-electron chi connectivity index (χ4n) is 1.25. The van der Waals surface area contributed by atoms with Gasteiger partial charge in [0.2, 0.25) is 5.91 Å². The summed E-state index contributed by atoms with van der Waals surface area (Å²) in [5.74, 6) is 0.0837. The predicted octanol–water partition coefficient (Wildman–Crippen LogP) is -0.331. The molecule has 0 aromatic carbocycles. The Kier molecular flexibility index (Phi) is 3.65. The molecule has 0 saturated heterocycles. The van der Waals surface area contributed by atoms with Gasteiger partial charge in [-0.15, -0.1) is 0 Å². The number of carbonyl (C=O) groups is 1. The van der Waals surface area contributed by atoms with Crippen LogP contribution in [0, 0.1) is 0 Å². The van der Waals surface area contributed by atoms with Gasteiger partial charge in [-0.3, -0.25) is 9.59 Å². The van der Waals surface area contributed by atoms with Gasteiger partial charge in [0.25, 0.3) is 5.56 Å². The first-order chi connectivity index (χ1) is 7.43. The van der Waals surface area contributed by atoms with Crippen molar-refractivity contribution < 1.29 is 4.79 Å². The number of carbonyl (C=O) groups excluding carboxylic acids is 1. The third-order valence-corrected chi connectivity index (χ3v) is 2.18. The quantitative estimate of drug-likeness (QED) is 0.763. The maximum Gasteiger partial charge on any atom is 0.293 e. The zero-order valence-electron chi connectivity index (χ0n) is 9.89. The first-order valence-electron chi connectivity index (χ1n) is 4.93. The molecule has 1 atom stereocenters. The largest absolute Gasteiger partial charge is 0.354 e. The molecule has 1 rings (SSSR count). The van der Waals surface area contributed by atoms with Gasteiger partial charge in [-0.1, -0.05) is 0 Å². The van der Waals surface area contributed by atoms with Gasteiger partial charge in [0.05, 0.1) is 0 Å². The monoisotopic (exact) mass is 224 g/mol. The minimum atomic E-state index is -0.474. The van der Waals surface area contributed by atoms with Crippen LogP contribution in [0.3, 0.4) is 0 Å². The number of anilines is 1. The van der Waals surface area contributed by atoms with Crippen molar-refractivity contribution in [3.05, 3.63) is 22.7 Å². The van der Waals surface area contributed by atoms with E-state index in [1.165, 1.54) is 15.7 Å². The third-order valence-electron chi connectivity index (χ3n) is 2.18. The highest BCUT2D eigenvalue weighted by atomic mass is 16.2. The van der Waals surface area contributed by atoms with E-state index in [0.29, 0.717) is 0 Å². The summed E-state index contributed by atoms with van der Waals surface area (Å²) >= 11 is 0. The van der Waals surface area contributed by atoms with Gasteiger partial charge in [0, 0.05) is 33.5 Å². The molecule has 0 aliphatic heterocycles. The highest BCUT2D eigenvalue weighted by Crippen LogP contribution is 1.98. The van der Waals surface area contributed by atoms with E-state index >= 15 is 0 Å². The van der Waals surface area contributed by atoms with Crippen LogP contribution in [0.25, 0.3) is 0 Å². The van der Waals surface area contributed by atoms with Crippen LogP contribution in [0.1, 0.15) is 6.92 Å². The van der Waals surface area contributed by atoms with Crippen molar-refractivity contribution in [2.45, 2.75) is 13.0 Å². The number of nitrogens with one attached hydrogen (secondary N) is 1. The van der Waals surface area contributed by atoms with E-state index in [9.17, 15) is 9.59 Å². The lowest BCUT2D eigenvalue weighted by atomic mass is 10.3. The Bertz CT molecular complexity index is 439. The van der Waals surface area contributed by atoms with Gasteiger partial charge < -0.3 is 14.8 Å². The second kappa shape index (κ2) is 4.78. The first kappa shape index (κ1) is 12.2. The van der Waals surface area contributed by atoms with E-state index in [-0.39, 0.29) is 17.3 Å². The minimum absolute atomic E-state index is 0.104. The van der Waals surface area contributed by atoms with E-state index in [4.69, 9.17) is 0 Å². The zero-order chi connectivity index (χ0) is 12.3. The molecule has 6 heteroatoms. The highest BCUT2D eigenvalue weighted by Gasteiger charge is 2.16. The van der Waals surface area contributed by atoms with Crippen LogP contribution in [0.4, 0.5) is 5.82 Å². The summed E-state index contributed by atoms with van der Waals surface area (Å²) in [7, 11) is 4.96. The molecule has 1 amide bonds. The fraction of sp³-hybridized carbons (Fsp3) is 0.500. The Hall–Kier alpha value is -1.85. The lowest BCUT2D eigenvalue weighted by Crippen LogP contribution is -2.38. The molecular weight excluding hydrogens is 208 g/mol. The molecule has 0 spiro atoms. The van der Waals surface area contributed by atoms with Crippen LogP contribution in [-0.2, 0) is 11.8 Å². The predicted molar refractivity (Wildman–Crippen MR) is 61.3 cm³/mol. The van der Waals surface area contributed by atoms with Gasteiger partial charge in [-0.05, 0) is 6.92 Å². The number of likely N-dealkylation sites (N-methyl/N-ethyl adjacent to an activating group) is 1. The molecule has 1 N–H and O–H groups in total. The van der Waals surface area contributed by atoms with Crippen molar-refractivity contribution in [1.82, 2.24) is 14.5 Å². The van der Waals surface area contributed by atoms with Crippen molar-refractivity contribution >= 4 is 11.7 Å². The molecule has 1 heterocycles. The average Bonchev–Trinajstić information content (AvgIpc) is 2.23. The average molecular weight is 224 g/mol. The summed E-state index contributed by atoms with van der Waals surface area (Å²) < 4.78 is 1.40. The number of hydrogen-bond donors (Lipinski definition) is 1. The summed E-state index contributed by atoms with van der Waals surface area (Å²) in [6.07, 6.45) is 3.07. The smallest absolute Gasteiger partial charge is 0.293 e. The minimum Gasteiger partial charge on any atom is -0.354 e. The maximum atomic E-state index is 11.6. The standard InChI is InChI=1S/C10H16N4O2/c1-7(9(15)13(2)3)12-8-10(16)14(4)6-5-11-8/h5-7H,1-4H3,(H,11,12). The Balaban J connectivity index is 2.85. The van der Waals surface area contributed by atoms with Gasteiger partial charge >= 0.3 is 0 Å². The van der Waals surface area contributed by atoms with Crippen molar-refractivity contribution in [1.29, 1.82) is 0 Å². The Morgan fingerprint density at radius 2 is 2.19 bits per heavy atom. The second-order valence-electron chi connectivity index (χ2n) is 3.79. The summed E-state index contributed by atoms with van der Waals surface area (Å²) in [5, 5.41) is 2.80. The van der Waals surface area contributed by atoms with Crippen molar-refractivity contribution in [3.8, 4) is 0 Å². The molecule has 16 heavy (non-hydrogen) atoms. The fourth-order valence-corrected chi connectivity index (χ4v) is 1.25. The molecule has 88 valence electrons. The summed E-state index contributed by atoms with van der Waals surface area (Å²) in [4.78, 5) is 28.5. The van der Waals surface area contributed by atoms with Crippen molar-refractivity contribution in [2.24, 2.45) is 7.05 Å². The topological polar surface area (TPSA) is 67.2 Å². The molecule has 0 bridgehead atoms. The van der Waals surface area contributed by atoms with Crippen LogP contribution in [0.5, 0.6) is 0 Å². The van der Waals surface area contributed by atoms with Crippen LogP contribution in [0.15, 0.2) is 17.2 Å². The maximum absolute atomic E-state index is 11.6. The molecule has 0 radical (unpaired) electrons. The molecule has 0 fully saturated rings. The van der Waals surface area contributed by atoms with Crippen LogP contribution in [0.2, 0.25) is 0 Å². The van der Waals surface area contributed by atoms with E-state index in [2.05, 4.69) is 10.3 Å². The van der Waals surface area contributed by atoms with E-state index < -0.39 is 6.04 Å². The summed E-state index contributed by atoms with van der Waals surface area (Å²) in [5.41, 5.74) is -0.249. The van der Waals surface area contributed by atoms with Gasteiger partial charge in [-0.2, -0.15) is 0 Å². The molecule has 1 aromatic heterocycles. The number of rotatable bonds is 3. The number of aryl methyl sites for hydroxylation is 1. The Labute approximate surface area is 93.9 Å². The highest BCUT2D eigenvalue weighted by molar-refractivity contribution is 5.83. The lowest BCUT2D eigenvalue weighted by Gasteiger charge is -2.18. The Morgan fingerprint density at radius 1 is 1.56 bits per heavy atom. The normalized spacial score (nSPS) is 12.0. The zero-order valence-corrected chi connectivity index (χ0v) is 9.89. The molecular formula is C10H16N4O2. The van der Waals surface area contributed by atoms with Crippen LogP contribution < -0.4 is 10.9 Å². The summed E-state index contributed by atoms with van der Waals surface area (Å²) in [6.45, 7) is 1.69. The lowest BCUT2D eigenvalue weighted by molar-refractivity contribution is -0.129. The SMILES string of the molecule is CC(Nc1nccn(C)c1=O)C(=O)N(C)C. The molecule has 0 saturated carbocycles. The van der Waals surface area contributed by atoms with Crippen LogP contribution in [-0.4, -0.2) is 40.5 Å². The van der Waals surface area contributed by atoms with Crippen molar-refractivity contribution in [2.75, 3.05) is 19.4 Å². The third kappa shape index (κ3) is 2.59. The number of aromatic nitrogens is 2. The number of amides is 1. The first-order valence-corrected chi connectivity index (χ1v) is 4.93. The number of nitrogens with zero attached hydrogens (tertiary/aromatic N) is 3. The summed E-state index contributed by atoms with van der Waals surface area (Å²) in [6, 6.07) is -0.474. The second-order valence-corrected chi connectivity index (χ2v) is 3.79. The number of hydrogen-bond acceptors (Lipinski definition) is 4. The molecule has 1 unspecified atom stereocenters. The van der Waals surface area contributed by atoms with E-state index in [1.54, 1.807) is 34.3 Å². The molecule has 0 aliphatic rings. The Morgan fingerprint density at radius 3 is 2.75 bits per heavy atom. The van der Waals surface area contributed by atoms with Gasteiger partial charge in [0.1, 0.15) is 6.04 Å². The van der Waals surface area contributed by atoms with E-state index in [0.717, 1.165) is 0 Å². The van der Waals surface area contributed by atoms with Gasteiger partial charge in [0.15, 0.2) is 5.82 Å². The van der Waals surface area contributed by atoms with Crippen LogP contribution >= 0.6 is 0 Å². The van der Waals surface area contributed by atoms with Crippen molar-refractivity contribution in [3.63, 3.8) is 0 Å². The molecule has 1 aromatic rings. The van der Waals surface area contributed by atoms with Gasteiger partial charge in [-0.25, -0.2) is 4.98 Å². The van der Waals surface area contributed by atoms with E-state index in [1.807, 2.05) is 0 Å². The molecule has 6 nitrogen and oxygen atoms in total. The molecule has 0 aliphatic carbocycles.